The molecule has 0 amide bonds. The first-order valence-electron chi connectivity index (χ1n) is 12.2. The zero-order valence-corrected chi connectivity index (χ0v) is 21.2. The summed E-state index contributed by atoms with van der Waals surface area (Å²) < 4.78 is 12.5. The molecule has 1 saturated carbocycles. The lowest BCUT2D eigenvalue weighted by Crippen LogP contribution is -2.76. The molecule has 5 nitrogen and oxygen atoms in total. The molecule has 5 rings (SSSR count). The van der Waals surface area contributed by atoms with Crippen LogP contribution < -0.4 is 4.74 Å². The average Bonchev–Trinajstić information content (AvgIpc) is 2.83. The molecule has 1 saturated heterocycles. The molecule has 34 heavy (non-hydrogen) atoms. The molecule has 2 aromatic rings. The van der Waals surface area contributed by atoms with Gasteiger partial charge in [0.2, 0.25) is 0 Å². The number of methoxy groups -OCH3 is 1. The molecule has 1 aliphatic heterocycles. The van der Waals surface area contributed by atoms with Gasteiger partial charge in [0.05, 0.1) is 12.7 Å². The van der Waals surface area contributed by atoms with E-state index in [2.05, 4.69) is 49.2 Å². The van der Waals surface area contributed by atoms with Crippen molar-refractivity contribution < 1.29 is 19.4 Å². The number of carbonyl (C=O) groups excluding carboxylic acids is 1. The number of ketones is 1. The number of aryl methyl sites for hydroxylation is 1. The van der Waals surface area contributed by atoms with Gasteiger partial charge in [0.15, 0.2) is 11.5 Å². The summed E-state index contributed by atoms with van der Waals surface area (Å²) in [6.07, 6.45) is 4.73. The summed E-state index contributed by atoms with van der Waals surface area (Å²) >= 11 is 0. The molecule has 2 bridgehead atoms. The molecule has 2 aliphatic carbocycles. The number of phenols is 1. The van der Waals surface area contributed by atoms with Gasteiger partial charge in [-0.1, -0.05) is 43.3 Å². The van der Waals surface area contributed by atoms with Gasteiger partial charge in [0.25, 0.3) is 0 Å². The quantitative estimate of drug-likeness (QED) is 0.600. The third-order valence-corrected chi connectivity index (χ3v) is 8.77. The minimum Gasteiger partial charge on any atom is -0.504 e. The van der Waals surface area contributed by atoms with Gasteiger partial charge >= 0.3 is 0 Å². The van der Waals surface area contributed by atoms with E-state index in [4.69, 9.17) is 9.47 Å². The minimum atomic E-state index is -0.543. The maximum Gasteiger partial charge on any atom is 0.161 e. The number of ether oxygens (including phenoxy) is 2. The highest BCUT2D eigenvalue weighted by molar-refractivity contribution is 5.86. The largest absolute Gasteiger partial charge is 0.504 e. The van der Waals surface area contributed by atoms with Crippen LogP contribution in [0.15, 0.2) is 42.5 Å². The number of carbonyl (C=O) groups is 1. The van der Waals surface area contributed by atoms with Gasteiger partial charge in [-0.05, 0) is 62.9 Å². The fourth-order valence-electron chi connectivity index (χ4n) is 7.15. The normalized spacial score (nSPS) is 30.1. The zero-order valence-electron chi connectivity index (χ0n) is 20.4. The second-order valence-electron chi connectivity index (χ2n) is 10.1. The predicted molar refractivity (Wildman–Crippen MR) is 135 cm³/mol. The molecule has 184 valence electrons. The number of rotatable bonds is 6. The van der Waals surface area contributed by atoms with Gasteiger partial charge in [-0.25, -0.2) is 0 Å². The number of hydrogen-bond donors (Lipinski definition) is 1. The van der Waals surface area contributed by atoms with Crippen molar-refractivity contribution in [3.05, 3.63) is 59.2 Å². The number of likely N-dealkylation sites (N-methyl/N-ethyl adjacent to an activating group) is 1. The number of Topliss-reactive ketones (excluding diaryl/α,β-unsaturated/α-hetero) is 1. The Balaban J connectivity index is 0.00000274. The van der Waals surface area contributed by atoms with E-state index in [1.807, 2.05) is 12.1 Å². The molecule has 1 N–H and O–H groups in total. The fraction of sp³-hybridized carbons (Fsp3) is 0.536. The van der Waals surface area contributed by atoms with Crippen molar-refractivity contribution in [2.24, 2.45) is 5.92 Å². The molecular weight excluding hydrogens is 450 g/mol. The van der Waals surface area contributed by atoms with Crippen molar-refractivity contribution in [1.29, 1.82) is 0 Å². The zero-order chi connectivity index (χ0) is 23.2. The molecule has 0 radical (unpaired) electrons. The number of nitrogens with zero attached hydrogens (tertiary/aromatic N) is 1. The van der Waals surface area contributed by atoms with Gasteiger partial charge in [-0.15, -0.1) is 12.4 Å². The van der Waals surface area contributed by atoms with Gasteiger partial charge in [0.1, 0.15) is 5.78 Å². The third kappa shape index (κ3) is 3.55. The van der Waals surface area contributed by atoms with E-state index in [9.17, 15) is 9.90 Å². The Morgan fingerprint density at radius 2 is 1.91 bits per heavy atom. The smallest absolute Gasteiger partial charge is 0.161 e. The second-order valence-corrected chi connectivity index (χ2v) is 10.1. The standard InChI is InChI=1S/C28H35NO4.ClH/c1-19-22(30)13-14-28(33-17-7-10-20-8-5-4-6-9-20)24-18-21-11-12-23(32-3)26(31)25(21)27(19,28)15-16-29(24)2;/h4-6,8-9,11-12,19,24,31H,7,10,13-18H2,1-3H3;1H/t19?,24-,27-,28-;/m1./s1. The number of aromatic hydroxyl groups is 1. The van der Waals surface area contributed by atoms with E-state index in [1.54, 1.807) is 7.11 Å². The number of benzene rings is 2. The molecule has 2 fully saturated rings. The van der Waals surface area contributed by atoms with Crippen molar-refractivity contribution in [3.8, 4) is 11.5 Å². The lowest BCUT2D eigenvalue weighted by atomic mass is 9.45. The number of likely N-dealkylation sites (tertiary alicyclic amines) is 1. The molecule has 2 aromatic carbocycles. The van der Waals surface area contributed by atoms with Crippen LogP contribution in [0.5, 0.6) is 11.5 Å². The van der Waals surface area contributed by atoms with Crippen LogP contribution >= 0.6 is 12.4 Å². The van der Waals surface area contributed by atoms with Gasteiger partial charge in [-0.3, -0.25) is 4.79 Å². The highest BCUT2D eigenvalue weighted by Gasteiger charge is 2.69. The van der Waals surface area contributed by atoms with Crippen LogP contribution in [0.4, 0.5) is 0 Å². The Kier molecular flexibility index (Phi) is 7.01. The number of halogens is 1. The lowest BCUT2D eigenvalue weighted by molar-refractivity contribution is -0.209. The summed E-state index contributed by atoms with van der Waals surface area (Å²) in [5.41, 5.74) is 2.29. The van der Waals surface area contributed by atoms with E-state index < -0.39 is 11.0 Å². The fourth-order valence-corrected chi connectivity index (χ4v) is 7.15. The maximum absolute atomic E-state index is 13.2. The van der Waals surface area contributed by atoms with E-state index in [-0.39, 0.29) is 35.9 Å². The Bertz CT molecular complexity index is 1040. The average molecular weight is 486 g/mol. The molecule has 0 aromatic heterocycles. The van der Waals surface area contributed by atoms with E-state index in [0.717, 1.165) is 43.4 Å². The highest BCUT2D eigenvalue weighted by atomic mass is 35.5. The first-order chi connectivity index (χ1) is 15.9. The van der Waals surface area contributed by atoms with Crippen molar-refractivity contribution >= 4 is 18.2 Å². The van der Waals surface area contributed by atoms with Crippen LogP contribution in [-0.2, 0) is 27.8 Å². The number of phenolic OH excluding ortho intramolecular Hbond substituents is 1. The monoisotopic (exact) mass is 485 g/mol. The third-order valence-electron chi connectivity index (χ3n) is 8.77. The van der Waals surface area contributed by atoms with Crippen molar-refractivity contribution in [2.75, 3.05) is 27.3 Å². The van der Waals surface area contributed by atoms with Gasteiger partial charge < -0.3 is 19.5 Å². The SMILES string of the molecule is COc1ccc2c(c1O)[C@]13CCN(C)[C@H](C2)[C@]1(OCCCc1ccccc1)CCC(=O)C3C.Cl. The molecule has 0 spiro atoms. The van der Waals surface area contributed by atoms with Crippen molar-refractivity contribution in [2.45, 2.75) is 62.5 Å². The summed E-state index contributed by atoms with van der Waals surface area (Å²) in [5, 5.41) is 11.4. The van der Waals surface area contributed by atoms with Crippen LogP contribution in [0.3, 0.4) is 0 Å². The molecular formula is C28H36ClNO4. The molecule has 4 atom stereocenters. The minimum absolute atomic E-state index is 0. The van der Waals surface area contributed by atoms with E-state index >= 15 is 0 Å². The Morgan fingerprint density at radius 3 is 2.65 bits per heavy atom. The first-order valence-corrected chi connectivity index (χ1v) is 12.2. The molecule has 1 heterocycles. The van der Waals surface area contributed by atoms with Crippen LogP contribution in [-0.4, -0.2) is 54.7 Å². The summed E-state index contributed by atoms with van der Waals surface area (Å²) in [4.78, 5) is 15.6. The topological polar surface area (TPSA) is 59.0 Å². The predicted octanol–water partition coefficient (Wildman–Crippen LogP) is 4.71. The van der Waals surface area contributed by atoms with Gasteiger partial charge in [0, 0.05) is 36.0 Å². The van der Waals surface area contributed by atoms with E-state index in [1.165, 1.54) is 5.56 Å². The van der Waals surface area contributed by atoms with Crippen LogP contribution in [0, 0.1) is 5.92 Å². The number of hydrogen-bond acceptors (Lipinski definition) is 5. The van der Waals surface area contributed by atoms with Crippen LogP contribution in [0.2, 0.25) is 0 Å². The second kappa shape index (κ2) is 9.52. The van der Waals surface area contributed by atoms with Crippen molar-refractivity contribution in [3.63, 3.8) is 0 Å². The molecule has 3 aliphatic rings. The van der Waals surface area contributed by atoms with Crippen molar-refractivity contribution in [1.82, 2.24) is 4.90 Å². The lowest BCUT2D eigenvalue weighted by Gasteiger charge is -2.66. The van der Waals surface area contributed by atoms with Gasteiger partial charge in [-0.2, -0.15) is 0 Å². The summed E-state index contributed by atoms with van der Waals surface area (Å²) in [5.74, 6) is 0.728. The Labute approximate surface area is 208 Å². The summed E-state index contributed by atoms with van der Waals surface area (Å²) in [7, 11) is 3.77. The summed E-state index contributed by atoms with van der Waals surface area (Å²) in [6.45, 7) is 3.58. The molecule has 6 heteroatoms. The maximum atomic E-state index is 13.2. The first kappa shape index (κ1) is 25.0. The Morgan fingerprint density at radius 1 is 1.15 bits per heavy atom. The Hall–Kier alpha value is -2.08. The highest BCUT2D eigenvalue weighted by Crippen LogP contribution is 2.63. The number of piperidine rings is 1. The van der Waals surface area contributed by atoms with E-state index in [0.29, 0.717) is 25.2 Å². The summed E-state index contributed by atoms with van der Waals surface area (Å²) in [6, 6.07) is 14.6. The van der Waals surface area contributed by atoms with Crippen LogP contribution in [0.25, 0.3) is 0 Å². The molecule has 1 unspecified atom stereocenters. The van der Waals surface area contributed by atoms with Crippen LogP contribution in [0.1, 0.15) is 49.3 Å². The number of fused-ring (bicyclic) bond motifs is 1.